The van der Waals surface area contributed by atoms with Gasteiger partial charge in [0, 0.05) is 19.5 Å². The minimum Gasteiger partial charge on any atom is -0.370 e. The number of carbonyl (C=O) groups is 7. The van der Waals surface area contributed by atoms with Crippen LogP contribution < -0.4 is 27.4 Å². The maximum Gasteiger partial charge on any atom is 0.312 e. The van der Waals surface area contributed by atoms with Crippen molar-refractivity contribution in [2.24, 2.45) is 11.5 Å². The van der Waals surface area contributed by atoms with Gasteiger partial charge in [-0.15, -0.1) is 0 Å². The molecule has 0 radical (unpaired) electrons. The first-order valence-corrected chi connectivity index (χ1v) is 10.7. The van der Waals surface area contributed by atoms with Gasteiger partial charge >= 0.3 is 6.03 Å². The molecular formula is C21H38N6O7. The number of imide groups is 1. The SMILES string of the molecule is C/C=C\C(=O)N(C=O)CCC(=O)NC(CC(N)=O)C(=O)NCC(C)=O.CC.CCCNC(N)=O. The van der Waals surface area contributed by atoms with Crippen LogP contribution in [0.1, 0.15) is 53.9 Å². The molecule has 194 valence electrons. The number of nitrogens with zero attached hydrogens (tertiary/aromatic N) is 1. The van der Waals surface area contributed by atoms with Crippen LogP contribution in [0, 0.1) is 0 Å². The van der Waals surface area contributed by atoms with E-state index in [1.807, 2.05) is 20.8 Å². The van der Waals surface area contributed by atoms with Gasteiger partial charge in [0.05, 0.1) is 13.0 Å². The van der Waals surface area contributed by atoms with E-state index in [1.165, 1.54) is 13.0 Å². The Balaban J connectivity index is -0.000000905. The van der Waals surface area contributed by atoms with Gasteiger partial charge in [-0.25, -0.2) is 4.79 Å². The van der Waals surface area contributed by atoms with E-state index in [0.29, 0.717) is 6.54 Å². The van der Waals surface area contributed by atoms with E-state index in [2.05, 4.69) is 16.0 Å². The molecule has 0 saturated heterocycles. The van der Waals surface area contributed by atoms with E-state index < -0.39 is 42.1 Å². The van der Waals surface area contributed by atoms with Gasteiger partial charge in [-0.1, -0.05) is 26.8 Å². The standard InChI is InChI=1S/C15H22N4O6.C4H10N2O.C2H6/c1-3-4-14(24)19(9-20)6-5-13(23)18-11(7-12(16)22)15(25)17-8-10(2)21;1-2-3-6-4(5)7;1-2/h3-4,9,11H,5-8H2,1-2H3,(H2,16,22)(H,17,25)(H,18,23);2-3H2,1H3,(H3,5,6,7);1-2H3/b4-3-;;. The molecule has 0 fully saturated rings. The van der Waals surface area contributed by atoms with Crippen LogP contribution in [0.25, 0.3) is 0 Å². The van der Waals surface area contributed by atoms with Gasteiger partial charge in [-0.2, -0.15) is 0 Å². The van der Waals surface area contributed by atoms with Crippen molar-refractivity contribution in [2.75, 3.05) is 19.6 Å². The normalized spacial score (nSPS) is 10.3. The monoisotopic (exact) mass is 486 g/mol. The average molecular weight is 487 g/mol. The first kappa shape index (κ1) is 34.8. The third-order valence-corrected chi connectivity index (χ3v) is 3.42. The van der Waals surface area contributed by atoms with E-state index >= 15 is 0 Å². The van der Waals surface area contributed by atoms with E-state index in [9.17, 15) is 33.6 Å². The van der Waals surface area contributed by atoms with E-state index in [4.69, 9.17) is 11.5 Å². The molecule has 13 nitrogen and oxygen atoms in total. The third kappa shape index (κ3) is 21.5. The summed E-state index contributed by atoms with van der Waals surface area (Å²) in [4.78, 5) is 78.7. The van der Waals surface area contributed by atoms with Crippen LogP contribution in [0.3, 0.4) is 0 Å². The number of rotatable bonds is 13. The zero-order chi connectivity index (χ0) is 27.1. The van der Waals surface area contributed by atoms with Crippen molar-refractivity contribution in [1.29, 1.82) is 0 Å². The highest BCUT2D eigenvalue weighted by Gasteiger charge is 2.23. The van der Waals surface area contributed by atoms with Crippen molar-refractivity contribution in [3.63, 3.8) is 0 Å². The third-order valence-electron chi connectivity index (χ3n) is 3.42. The quantitative estimate of drug-likeness (QED) is 0.163. The molecule has 1 atom stereocenters. The number of ketones is 1. The largest absolute Gasteiger partial charge is 0.370 e. The van der Waals surface area contributed by atoms with Gasteiger partial charge in [-0.3, -0.25) is 33.7 Å². The fraction of sp³-hybridized carbons (Fsp3) is 0.571. The summed E-state index contributed by atoms with van der Waals surface area (Å²) >= 11 is 0. The number of carbonyl (C=O) groups excluding carboxylic acids is 7. The number of nitrogens with one attached hydrogen (secondary N) is 3. The molecule has 0 aromatic rings. The summed E-state index contributed by atoms with van der Waals surface area (Å²) in [7, 11) is 0. The van der Waals surface area contributed by atoms with Crippen LogP contribution in [0.2, 0.25) is 0 Å². The van der Waals surface area contributed by atoms with Gasteiger partial charge in [0.25, 0.3) is 5.91 Å². The lowest BCUT2D eigenvalue weighted by Gasteiger charge is -2.18. The summed E-state index contributed by atoms with van der Waals surface area (Å²) in [5.74, 6) is -3.11. The summed E-state index contributed by atoms with van der Waals surface area (Å²) in [5, 5.41) is 6.98. The van der Waals surface area contributed by atoms with Crippen LogP contribution in [0.5, 0.6) is 0 Å². The van der Waals surface area contributed by atoms with Crippen molar-refractivity contribution in [1.82, 2.24) is 20.9 Å². The molecule has 0 aliphatic heterocycles. The fourth-order valence-corrected chi connectivity index (χ4v) is 1.94. The lowest BCUT2D eigenvalue weighted by Crippen LogP contribution is -2.49. The van der Waals surface area contributed by atoms with Gasteiger partial charge in [0.15, 0.2) is 0 Å². The first-order chi connectivity index (χ1) is 16.0. The topological polar surface area (TPSA) is 211 Å². The summed E-state index contributed by atoms with van der Waals surface area (Å²) in [6, 6.07) is -1.69. The second-order valence-electron chi connectivity index (χ2n) is 6.39. The van der Waals surface area contributed by atoms with Crippen LogP contribution in [-0.4, -0.2) is 72.4 Å². The van der Waals surface area contributed by atoms with Crippen LogP contribution in [0.4, 0.5) is 4.79 Å². The first-order valence-electron chi connectivity index (χ1n) is 10.7. The van der Waals surface area contributed by atoms with Crippen LogP contribution >= 0.6 is 0 Å². The number of amides is 7. The summed E-state index contributed by atoms with van der Waals surface area (Å²) in [6.07, 6.45) is 3.11. The lowest BCUT2D eigenvalue weighted by atomic mass is 10.1. The van der Waals surface area contributed by atoms with Gasteiger partial charge < -0.3 is 27.4 Å². The molecule has 0 aromatic carbocycles. The number of urea groups is 1. The molecule has 7 amide bonds. The van der Waals surface area contributed by atoms with Crippen molar-refractivity contribution in [2.45, 2.75) is 59.9 Å². The fourth-order valence-electron chi connectivity index (χ4n) is 1.94. The lowest BCUT2D eigenvalue weighted by molar-refractivity contribution is -0.135. The predicted octanol–water partition coefficient (Wildman–Crippen LogP) is -0.906. The number of hydrogen-bond donors (Lipinski definition) is 5. The Kier molecular flexibility index (Phi) is 23.0. The van der Waals surface area contributed by atoms with Gasteiger partial charge in [0.2, 0.25) is 24.1 Å². The Morgan fingerprint density at radius 2 is 1.62 bits per heavy atom. The Bertz CT molecular complexity index is 710. The molecule has 0 bridgehead atoms. The van der Waals surface area contributed by atoms with Crippen LogP contribution in [-0.2, 0) is 28.8 Å². The highest BCUT2D eigenvalue weighted by molar-refractivity contribution is 5.96. The van der Waals surface area contributed by atoms with Crippen LogP contribution in [0.15, 0.2) is 12.2 Å². The Hall–Kier alpha value is -3.77. The molecule has 34 heavy (non-hydrogen) atoms. The smallest absolute Gasteiger partial charge is 0.312 e. The van der Waals surface area contributed by atoms with Crippen molar-refractivity contribution >= 4 is 41.9 Å². The zero-order valence-corrected chi connectivity index (χ0v) is 20.5. The molecule has 0 heterocycles. The molecule has 0 saturated carbocycles. The number of hydrogen-bond acceptors (Lipinski definition) is 7. The second kappa shape index (κ2) is 22.4. The van der Waals surface area contributed by atoms with Gasteiger partial charge in [0.1, 0.15) is 11.8 Å². The molecule has 0 aliphatic rings. The maximum absolute atomic E-state index is 11.9. The minimum absolute atomic E-state index is 0.198. The number of primary amides is 2. The highest BCUT2D eigenvalue weighted by atomic mass is 16.2. The molecule has 13 heteroatoms. The Morgan fingerprint density at radius 1 is 1.03 bits per heavy atom. The Morgan fingerprint density at radius 3 is 2.00 bits per heavy atom. The maximum atomic E-state index is 11.9. The van der Waals surface area contributed by atoms with E-state index in [1.54, 1.807) is 6.92 Å². The summed E-state index contributed by atoms with van der Waals surface area (Å²) in [5.41, 5.74) is 9.76. The number of allylic oxidation sites excluding steroid dienone is 1. The summed E-state index contributed by atoms with van der Waals surface area (Å²) in [6.45, 7) is 9.06. The minimum atomic E-state index is -1.25. The zero-order valence-electron chi connectivity index (χ0n) is 20.5. The molecule has 0 aromatic heterocycles. The van der Waals surface area contributed by atoms with Gasteiger partial charge in [-0.05, 0) is 26.3 Å². The molecule has 0 spiro atoms. The van der Waals surface area contributed by atoms with Crippen molar-refractivity contribution in [3.05, 3.63) is 12.2 Å². The van der Waals surface area contributed by atoms with E-state index in [0.717, 1.165) is 17.4 Å². The van der Waals surface area contributed by atoms with Crippen molar-refractivity contribution in [3.8, 4) is 0 Å². The summed E-state index contributed by atoms with van der Waals surface area (Å²) < 4.78 is 0. The highest BCUT2D eigenvalue weighted by Crippen LogP contribution is 1.96. The molecule has 0 aliphatic carbocycles. The molecule has 7 N–H and O–H groups in total. The number of Topliss-reactive ketones (excluding diaryl/α,β-unsaturated/α-hetero) is 1. The second-order valence-corrected chi connectivity index (χ2v) is 6.39. The van der Waals surface area contributed by atoms with E-state index in [-0.39, 0.29) is 31.7 Å². The molecular weight excluding hydrogens is 448 g/mol. The molecule has 1 unspecified atom stereocenters. The number of nitrogens with two attached hydrogens (primary N) is 2. The average Bonchev–Trinajstić information content (AvgIpc) is 2.77. The molecule has 0 rings (SSSR count). The Labute approximate surface area is 200 Å². The predicted molar refractivity (Wildman–Crippen MR) is 126 cm³/mol. The van der Waals surface area contributed by atoms with Crippen molar-refractivity contribution < 1.29 is 33.6 Å².